The Hall–Kier alpha value is -0.540. The second kappa shape index (κ2) is 4.54. The highest BCUT2D eigenvalue weighted by molar-refractivity contribution is 9.10. The van der Waals surface area contributed by atoms with E-state index in [1.165, 1.54) is 24.8 Å². The number of aryl methyl sites for hydroxylation is 1. The van der Waals surface area contributed by atoms with Crippen LogP contribution in [0.3, 0.4) is 0 Å². The molecule has 0 amide bonds. The maximum Gasteiger partial charge on any atom is 0.132 e. The number of nitrogens with one attached hydrogen (secondary N) is 1. The summed E-state index contributed by atoms with van der Waals surface area (Å²) >= 11 is 3.39. The van der Waals surface area contributed by atoms with Crippen LogP contribution >= 0.6 is 15.9 Å². The Morgan fingerprint density at radius 2 is 2.20 bits per heavy atom. The molecule has 1 atom stereocenters. The third-order valence-electron chi connectivity index (χ3n) is 2.99. The Morgan fingerprint density at radius 3 is 2.80 bits per heavy atom. The average Bonchev–Trinajstić information content (AvgIpc) is 2.26. The van der Waals surface area contributed by atoms with Gasteiger partial charge >= 0.3 is 0 Å². The summed E-state index contributed by atoms with van der Waals surface area (Å²) < 4.78 is 0.796. The van der Waals surface area contributed by atoms with Crippen molar-refractivity contribution in [2.75, 3.05) is 6.54 Å². The smallest absolute Gasteiger partial charge is 0.132 e. The topological polar surface area (TPSA) is 32.3 Å². The number of piperidine rings is 1. The summed E-state index contributed by atoms with van der Waals surface area (Å²) in [6, 6.07) is 4.54. The van der Waals surface area contributed by atoms with E-state index in [0.717, 1.165) is 16.6 Å². The van der Waals surface area contributed by atoms with E-state index in [2.05, 4.69) is 27.3 Å². The molecule has 1 aliphatic rings. The molecule has 1 saturated heterocycles. The Kier molecular flexibility index (Phi) is 3.32. The van der Waals surface area contributed by atoms with Gasteiger partial charge in [-0.25, -0.2) is 0 Å². The number of halogens is 1. The minimum Gasteiger partial charge on any atom is -0.506 e. The van der Waals surface area contributed by atoms with Gasteiger partial charge in [-0.05, 0) is 59.4 Å². The Morgan fingerprint density at radius 1 is 1.40 bits per heavy atom. The molecule has 1 unspecified atom stereocenters. The second-order valence-electron chi connectivity index (χ2n) is 4.17. The molecule has 1 aliphatic heterocycles. The summed E-state index contributed by atoms with van der Waals surface area (Å²) in [5.41, 5.74) is 2.21. The fraction of sp³-hybridized carbons (Fsp3) is 0.500. The third-order valence-corrected chi connectivity index (χ3v) is 3.59. The highest BCUT2D eigenvalue weighted by Crippen LogP contribution is 2.33. The van der Waals surface area contributed by atoms with Crippen molar-refractivity contribution in [3.8, 4) is 5.75 Å². The molecule has 3 heteroatoms. The maximum atomic E-state index is 9.66. The Labute approximate surface area is 98.8 Å². The molecule has 1 heterocycles. The molecule has 0 radical (unpaired) electrons. The first-order chi connectivity index (χ1) is 7.18. The SMILES string of the molecule is Cc1cc(C2CCCCN2)cc(Br)c1O. The van der Waals surface area contributed by atoms with Crippen LogP contribution in [0.1, 0.15) is 36.4 Å². The molecule has 82 valence electrons. The summed E-state index contributed by atoms with van der Waals surface area (Å²) in [6.45, 7) is 3.04. The normalized spacial score (nSPS) is 21.6. The first-order valence-electron chi connectivity index (χ1n) is 5.41. The zero-order valence-corrected chi connectivity index (χ0v) is 10.5. The van der Waals surface area contributed by atoms with Crippen molar-refractivity contribution in [2.24, 2.45) is 0 Å². The van der Waals surface area contributed by atoms with Crippen LogP contribution in [-0.4, -0.2) is 11.7 Å². The Balaban J connectivity index is 2.27. The van der Waals surface area contributed by atoms with Crippen LogP contribution in [0.2, 0.25) is 0 Å². The minimum absolute atomic E-state index is 0.356. The standard InChI is InChI=1S/C12H16BrNO/c1-8-6-9(7-10(13)12(8)15)11-4-2-3-5-14-11/h6-7,11,14-15H,2-5H2,1H3. The molecule has 2 nitrogen and oxygen atoms in total. The summed E-state index contributed by atoms with van der Waals surface area (Å²) in [6.07, 6.45) is 3.75. The van der Waals surface area contributed by atoms with Crippen LogP contribution in [0.25, 0.3) is 0 Å². The lowest BCUT2D eigenvalue weighted by Gasteiger charge is -2.24. The van der Waals surface area contributed by atoms with Crippen molar-refractivity contribution in [3.05, 3.63) is 27.7 Å². The molecule has 15 heavy (non-hydrogen) atoms. The molecule has 0 aromatic heterocycles. The lowest BCUT2D eigenvalue weighted by Crippen LogP contribution is -2.26. The number of aromatic hydroxyl groups is 1. The quantitative estimate of drug-likeness (QED) is 0.820. The van der Waals surface area contributed by atoms with Gasteiger partial charge in [-0.3, -0.25) is 0 Å². The zero-order valence-electron chi connectivity index (χ0n) is 8.89. The van der Waals surface area contributed by atoms with Gasteiger partial charge in [-0.15, -0.1) is 0 Å². The van der Waals surface area contributed by atoms with Crippen molar-refractivity contribution in [2.45, 2.75) is 32.2 Å². The van der Waals surface area contributed by atoms with Gasteiger partial charge in [0.1, 0.15) is 5.75 Å². The monoisotopic (exact) mass is 269 g/mol. The Bertz CT molecular complexity index is 336. The summed E-state index contributed by atoms with van der Waals surface area (Å²) in [4.78, 5) is 0. The van der Waals surface area contributed by atoms with E-state index < -0.39 is 0 Å². The molecule has 2 rings (SSSR count). The molecule has 0 bridgehead atoms. The largest absolute Gasteiger partial charge is 0.506 e. The number of hydrogen-bond donors (Lipinski definition) is 2. The summed E-state index contributed by atoms with van der Waals surface area (Å²) in [5, 5.41) is 13.2. The number of rotatable bonds is 1. The van der Waals surface area contributed by atoms with E-state index in [9.17, 15) is 5.11 Å². The molecule has 0 saturated carbocycles. The van der Waals surface area contributed by atoms with Crippen molar-refractivity contribution in [1.82, 2.24) is 5.32 Å². The molecule has 2 N–H and O–H groups in total. The van der Waals surface area contributed by atoms with Crippen LogP contribution in [0.5, 0.6) is 5.75 Å². The van der Waals surface area contributed by atoms with E-state index in [-0.39, 0.29) is 0 Å². The number of phenols is 1. The van der Waals surface area contributed by atoms with E-state index in [0.29, 0.717) is 11.8 Å². The van der Waals surface area contributed by atoms with Gasteiger partial charge in [0.25, 0.3) is 0 Å². The molecule has 1 aromatic rings. The van der Waals surface area contributed by atoms with Crippen LogP contribution < -0.4 is 5.32 Å². The summed E-state index contributed by atoms with van der Waals surface area (Å²) in [5.74, 6) is 0.356. The first-order valence-corrected chi connectivity index (χ1v) is 6.20. The lowest BCUT2D eigenvalue weighted by molar-refractivity contribution is 0.410. The van der Waals surface area contributed by atoms with Crippen LogP contribution in [0.15, 0.2) is 16.6 Å². The van der Waals surface area contributed by atoms with E-state index in [1.54, 1.807) is 0 Å². The second-order valence-corrected chi connectivity index (χ2v) is 5.03. The van der Waals surface area contributed by atoms with Crippen molar-refractivity contribution < 1.29 is 5.11 Å². The predicted octanol–water partition coefficient (Wildman–Crippen LogP) is 3.28. The van der Waals surface area contributed by atoms with Crippen LogP contribution in [0.4, 0.5) is 0 Å². The van der Waals surface area contributed by atoms with Gasteiger partial charge in [0.15, 0.2) is 0 Å². The van der Waals surface area contributed by atoms with Gasteiger partial charge < -0.3 is 10.4 Å². The van der Waals surface area contributed by atoms with Crippen LogP contribution in [-0.2, 0) is 0 Å². The lowest BCUT2D eigenvalue weighted by atomic mass is 9.96. The van der Waals surface area contributed by atoms with Crippen molar-refractivity contribution >= 4 is 15.9 Å². The van der Waals surface area contributed by atoms with Gasteiger partial charge in [-0.2, -0.15) is 0 Å². The van der Waals surface area contributed by atoms with Gasteiger partial charge in [0, 0.05) is 6.04 Å². The summed E-state index contributed by atoms with van der Waals surface area (Å²) in [7, 11) is 0. The average molecular weight is 270 g/mol. The number of phenolic OH excluding ortho intramolecular Hbond substituents is 1. The predicted molar refractivity (Wildman–Crippen MR) is 65.1 cm³/mol. The minimum atomic E-state index is 0.356. The van der Waals surface area contributed by atoms with Crippen LogP contribution in [0, 0.1) is 6.92 Å². The van der Waals surface area contributed by atoms with Crippen molar-refractivity contribution in [1.29, 1.82) is 0 Å². The number of benzene rings is 1. The van der Waals surface area contributed by atoms with Crippen molar-refractivity contribution in [3.63, 3.8) is 0 Å². The van der Waals surface area contributed by atoms with E-state index >= 15 is 0 Å². The van der Waals surface area contributed by atoms with E-state index in [1.807, 2.05) is 13.0 Å². The molecule has 1 aromatic carbocycles. The third kappa shape index (κ3) is 2.34. The fourth-order valence-corrected chi connectivity index (χ4v) is 2.68. The molecular weight excluding hydrogens is 254 g/mol. The molecule has 1 fully saturated rings. The van der Waals surface area contributed by atoms with Gasteiger partial charge in [0.2, 0.25) is 0 Å². The maximum absolute atomic E-state index is 9.66. The van der Waals surface area contributed by atoms with E-state index in [4.69, 9.17) is 0 Å². The molecule has 0 spiro atoms. The van der Waals surface area contributed by atoms with Gasteiger partial charge in [0.05, 0.1) is 4.47 Å². The first kappa shape index (κ1) is 11.0. The molecule has 0 aliphatic carbocycles. The zero-order chi connectivity index (χ0) is 10.8. The fourth-order valence-electron chi connectivity index (χ4n) is 2.10. The number of hydrogen-bond acceptors (Lipinski definition) is 2. The van der Waals surface area contributed by atoms with Gasteiger partial charge in [-0.1, -0.05) is 12.5 Å². The highest BCUT2D eigenvalue weighted by Gasteiger charge is 2.16. The molecular formula is C12H16BrNO. The highest BCUT2D eigenvalue weighted by atomic mass is 79.9.